The predicted molar refractivity (Wildman–Crippen MR) is 44.2 cm³/mol. The molecule has 1 heterocycles. The largest absolute Gasteiger partial charge is 0.317 e. The zero-order valence-corrected chi connectivity index (χ0v) is 6.79. The van der Waals surface area contributed by atoms with Gasteiger partial charge in [-0.2, -0.15) is 5.26 Å². The number of nitriles is 1. The van der Waals surface area contributed by atoms with Crippen LogP contribution in [0.1, 0.15) is 19.8 Å². The average Bonchev–Trinajstić information content (AvgIpc) is 2.26. The molecule has 0 aliphatic carbocycles. The summed E-state index contributed by atoms with van der Waals surface area (Å²) in [5.41, 5.74) is 1.15. The topological polar surface area (TPSA) is 65.2 Å². The number of allylic oxidation sites excluding steroid dienone is 1. The Labute approximate surface area is 70.6 Å². The van der Waals surface area contributed by atoms with E-state index in [2.05, 4.69) is 10.3 Å². The minimum atomic E-state index is -0.182. The summed E-state index contributed by atoms with van der Waals surface area (Å²) in [5.74, 6) is -0.182. The first kappa shape index (κ1) is 8.47. The summed E-state index contributed by atoms with van der Waals surface area (Å²) in [6.45, 7) is 1.90. The van der Waals surface area contributed by atoms with E-state index in [0.717, 1.165) is 0 Å². The van der Waals surface area contributed by atoms with Crippen LogP contribution in [0.15, 0.2) is 16.3 Å². The zero-order valence-electron chi connectivity index (χ0n) is 6.79. The number of hydrogen-bond acceptors (Lipinski definition) is 3. The molecule has 0 aromatic heterocycles. The molecule has 0 atom stereocenters. The van der Waals surface area contributed by atoms with Crippen molar-refractivity contribution in [3.05, 3.63) is 11.3 Å². The SMILES string of the molecule is CCC1=C(C#N)CC(=O)NC=N1. The number of rotatable bonds is 1. The van der Waals surface area contributed by atoms with Gasteiger partial charge in [0.25, 0.3) is 0 Å². The third kappa shape index (κ3) is 1.70. The summed E-state index contributed by atoms with van der Waals surface area (Å²) in [6.07, 6.45) is 2.15. The molecule has 1 N–H and O–H groups in total. The lowest BCUT2D eigenvalue weighted by molar-refractivity contribution is -0.118. The molecule has 0 spiro atoms. The third-order valence-corrected chi connectivity index (χ3v) is 1.60. The van der Waals surface area contributed by atoms with Crippen LogP contribution in [0, 0.1) is 11.3 Å². The van der Waals surface area contributed by atoms with Gasteiger partial charge < -0.3 is 5.32 Å². The summed E-state index contributed by atoms with van der Waals surface area (Å²) in [6, 6.07) is 1.98. The van der Waals surface area contributed by atoms with E-state index in [9.17, 15) is 4.79 Å². The third-order valence-electron chi connectivity index (χ3n) is 1.60. The lowest BCUT2D eigenvalue weighted by atomic mass is 10.1. The highest BCUT2D eigenvalue weighted by Gasteiger charge is 2.11. The van der Waals surface area contributed by atoms with Crippen LogP contribution in [0.2, 0.25) is 0 Å². The van der Waals surface area contributed by atoms with Crippen molar-refractivity contribution in [2.24, 2.45) is 4.99 Å². The standard InChI is InChI=1S/C8H9N3O/c1-2-7-6(4-9)3-8(12)11-5-10-7/h5H,2-3H2,1H3,(H,10,11,12). The second-order valence-electron chi connectivity index (χ2n) is 2.39. The van der Waals surface area contributed by atoms with Gasteiger partial charge in [0, 0.05) is 0 Å². The number of carbonyl (C=O) groups excluding carboxylic acids is 1. The Bertz CT molecular complexity index is 296. The Balaban J connectivity index is 2.99. The molecular formula is C8H9N3O. The Morgan fingerprint density at radius 3 is 3.17 bits per heavy atom. The lowest BCUT2D eigenvalue weighted by Gasteiger charge is -1.96. The van der Waals surface area contributed by atoms with Crippen molar-refractivity contribution in [2.45, 2.75) is 19.8 Å². The summed E-state index contributed by atoms with van der Waals surface area (Å²) in [4.78, 5) is 14.9. The fourth-order valence-corrected chi connectivity index (χ4v) is 0.982. The van der Waals surface area contributed by atoms with E-state index in [0.29, 0.717) is 17.7 Å². The van der Waals surface area contributed by atoms with E-state index in [-0.39, 0.29) is 12.3 Å². The molecule has 1 rings (SSSR count). The highest BCUT2D eigenvalue weighted by atomic mass is 16.1. The van der Waals surface area contributed by atoms with Crippen molar-refractivity contribution in [1.29, 1.82) is 5.26 Å². The van der Waals surface area contributed by atoms with Crippen LogP contribution < -0.4 is 5.32 Å². The van der Waals surface area contributed by atoms with Gasteiger partial charge in [0.05, 0.1) is 30.1 Å². The van der Waals surface area contributed by atoms with E-state index in [4.69, 9.17) is 5.26 Å². The summed E-state index contributed by atoms with van der Waals surface area (Å²) >= 11 is 0. The number of carbonyl (C=O) groups is 1. The Morgan fingerprint density at radius 2 is 2.58 bits per heavy atom. The van der Waals surface area contributed by atoms with Crippen molar-refractivity contribution in [2.75, 3.05) is 0 Å². The normalized spacial score (nSPS) is 16.8. The van der Waals surface area contributed by atoms with Crippen molar-refractivity contribution in [3.63, 3.8) is 0 Å². The summed E-state index contributed by atoms with van der Waals surface area (Å²) in [7, 11) is 0. The number of hydrogen-bond donors (Lipinski definition) is 1. The number of aliphatic imine (C=N–C) groups is 1. The van der Waals surface area contributed by atoms with Crippen LogP contribution in [0.5, 0.6) is 0 Å². The lowest BCUT2D eigenvalue weighted by Crippen LogP contribution is -2.19. The average molecular weight is 163 g/mol. The first-order valence-electron chi connectivity index (χ1n) is 3.72. The molecule has 0 radical (unpaired) electrons. The van der Waals surface area contributed by atoms with Crippen LogP contribution in [0.25, 0.3) is 0 Å². The molecular weight excluding hydrogens is 154 g/mol. The first-order valence-corrected chi connectivity index (χ1v) is 3.72. The van der Waals surface area contributed by atoms with Gasteiger partial charge >= 0.3 is 0 Å². The molecule has 0 unspecified atom stereocenters. The van der Waals surface area contributed by atoms with Crippen LogP contribution >= 0.6 is 0 Å². The smallest absolute Gasteiger partial charge is 0.230 e. The predicted octanol–water partition coefficient (Wildman–Crippen LogP) is 0.722. The quantitative estimate of drug-likeness (QED) is 0.619. The van der Waals surface area contributed by atoms with Gasteiger partial charge in [0.1, 0.15) is 0 Å². The minimum Gasteiger partial charge on any atom is -0.317 e. The molecule has 4 nitrogen and oxygen atoms in total. The Hall–Kier alpha value is -1.63. The van der Waals surface area contributed by atoms with E-state index >= 15 is 0 Å². The van der Waals surface area contributed by atoms with Gasteiger partial charge in [-0.25, -0.2) is 4.99 Å². The van der Waals surface area contributed by atoms with Gasteiger partial charge in [-0.1, -0.05) is 6.92 Å². The first-order chi connectivity index (χ1) is 5.77. The fourth-order valence-electron chi connectivity index (χ4n) is 0.982. The molecule has 62 valence electrons. The molecule has 0 bridgehead atoms. The van der Waals surface area contributed by atoms with E-state index in [1.807, 2.05) is 13.0 Å². The second kappa shape index (κ2) is 3.67. The highest BCUT2D eigenvalue weighted by molar-refractivity contribution is 5.91. The Morgan fingerprint density at radius 1 is 1.83 bits per heavy atom. The van der Waals surface area contributed by atoms with Crippen molar-refractivity contribution in [3.8, 4) is 6.07 Å². The molecule has 1 amide bonds. The van der Waals surface area contributed by atoms with Gasteiger partial charge in [0.2, 0.25) is 5.91 Å². The van der Waals surface area contributed by atoms with Crippen molar-refractivity contribution >= 4 is 12.2 Å². The number of nitrogens with one attached hydrogen (secondary N) is 1. The van der Waals surface area contributed by atoms with Gasteiger partial charge in [0.15, 0.2) is 0 Å². The maximum Gasteiger partial charge on any atom is 0.230 e. The molecule has 0 saturated heterocycles. The van der Waals surface area contributed by atoms with E-state index < -0.39 is 0 Å². The van der Waals surface area contributed by atoms with Crippen molar-refractivity contribution < 1.29 is 4.79 Å². The molecule has 0 fully saturated rings. The second-order valence-corrected chi connectivity index (χ2v) is 2.39. The van der Waals surface area contributed by atoms with E-state index in [1.54, 1.807) is 0 Å². The maximum absolute atomic E-state index is 10.9. The monoisotopic (exact) mass is 163 g/mol. The van der Waals surface area contributed by atoms with Crippen LogP contribution in [0.3, 0.4) is 0 Å². The van der Waals surface area contributed by atoms with E-state index in [1.165, 1.54) is 6.34 Å². The van der Waals surface area contributed by atoms with Crippen LogP contribution in [0.4, 0.5) is 0 Å². The zero-order chi connectivity index (χ0) is 8.97. The highest BCUT2D eigenvalue weighted by Crippen LogP contribution is 2.14. The summed E-state index contributed by atoms with van der Waals surface area (Å²) in [5, 5.41) is 11.1. The molecule has 1 aliphatic rings. The van der Waals surface area contributed by atoms with Gasteiger partial charge in [-0.15, -0.1) is 0 Å². The molecule has 0 saturated carbocycles. The molecule has 0 aromatic carbocycles. The molecule has 0 aromatic rings. The molecule has 1 aliphatic heterocycles. The van der Waals surface area contributed by atoms with Crippen molar-refractivity contribution in [1.82, 2.24) is 5.32 Å². The van der Waals surface area contributed by atoms with Crippen LogP contribution in [-0.2, 0) is 4.79 Å². The van der Waals surface area contributed by atoms with Crippen LogP contribution in [-0.4, -0.2) is 12.2 Å². The Kier molecular flexibility index (Phi) is 2.59. The number of nitrogens with zero attached hydrogens (tertiary/aromatic N) is 2. The molecule has 12 heavy (non-hydrogen) atoms. The summed E-state index contributed by atoms with van der Waals surface area (Å²) < 4.78 is 0. The maximum atomic E-state index is 10.9. The van der Waals surface area contributed by atoms with Gasteiger partial charge in [-0.3, -0.25) is 4.79 Å². The number of amides is 1. The fraction of sp³-hybridized carbons (Fsp3) is 0.375. The van der Waals surface area contributed by atoms with Gasteiger partial charge in [-0.05, 0) is 6.42 Å². The minimum absolute atomic E-state index is 0.139. The molecule has 4 heteroatoms.